The summed E-state index contributed by atoms with van der Waals surface area (Å²) in [4.78, 5) is 2.22. The van der Waals surface area contributed by atoms with Crippen LogP contribution in [0.5, 0.6) is 0 Å². The molecule has 0 amide bonds. The van der Waals surface area contributed by atoms with Gasteiger partial charge in [-0.3, -0.25) is 0 Å². The van der Waals surface area contributed by atoms with Crippen LogP contribution in [-0.2, 0) is 11.3 Å². The molecule has 3 N–H and O–H groups in total. The smallest absolute Gasteiger partial charge is 0.406 e. The Morgan fingerprint density at radius 2 is 2.03 bits per heavy atom. The number of anilines is 1. The largest absolute Gasteiger partial charge is 0.495 e. The molecule has 2 aliphatic rings. The summed E-state index contributed by atoms with van der Waals surface area (Å²) < 4.78 is 47.3. The molecule has 206 valence electrons. The van der Waals surface area contributed by atoms with Gasteiger partial charge < -0.3 is 29.9 Å². The van der Waals surface area contributed by atoms with Crippen LogP contribution in [0.1, 0.15) is 25.0 Å². The number of aromatic nitrogens is 1. The molecule has 38 heavy (non-hydrogen) atoms. The molecule has 0 radical (unpaired) electrons. The Labute approximate surface area is 226 Å². The van der Waals surface area contributed by atoms with E-state index in [0.717, 1.165) is 54.9 Å². The van der Waals surface area contributed by atoms with Crippen molar-refractivity contribution in [3.05, 3.63) is 53.6 Å². The number of β-amino-alcohol motifs (C(OH)–C–C–N with tert-alkyl or cyclic N) is 1. The number of fused-ring (bicyclic) bond motifs is 1. The van der Waals surface area contributed by atoms with Gasteiger partial charge in [-0.15, -0.1) is 0 Å². The summed E-state index contributed by atoms with van der Waals surface area (Å²) in [7, 11) is 1.62. The van der Waals surface area contributed by atoms with Gasteiger partial charge in [-0.1, -0.05) is 18.1 Å². The number of aliphatic hydroxyl groups excluding tert-OH is 1. The number of nitrogens with one attached hydrogen (secondary N) is 2. The Bertz CT molecular complexity index is 1220. The number of hydrogen-bond acceptors (Lipinski definition) is 6. The monoisotopic (exact) mass is 548 g/mol. The first kappa shape index (κ1) is 28.3. The van der Waals surface area contributed by atoms with Crippen LogP contribution in [0.2, 0.25) is 0 Å². The van der Waals surface area contributed by atoms with Gasteiger partial charge in [-0.25, -0.2) is 0 Å². The highest BCUT2D eigenvalue weighted by molar-refractivity contribution is 7.99. The number of hydrogen-bond donors (Lipinski definition) is 3. The van der Waals surface area contributed by atoms with Crippen molar-refractivity contribution in [3.63, 3.8) is 0 Å². The first-order valence-electron chi connectivity index (χ1n) is 12.8. The van der Waals surface area contributed by atoms with Gasteiger partial charge in [0, 0.05) is 42.0 Å². The third-order valence-corrected chi connectivity index (χ3v) is 7.84. The van der Waals surface area contributed by atoms with Crippen molar-refractivity contribution in [2.24, 2.45) is 0 Å². The van der Waals surface area contributed by atoms with Gasteiger partial charge in [0.2, 0.25) is 0 Å². The molecule has 0 bridgehead atoms. The predicted molar refractivity (Wildman–Crippen MR) is 148 cm³/mol. The molecule has 1 aliphatic carbocycles. The van der Waals surface area contributed by atoms with E-state index in [0.29, 0.717) is 23.0 Å². The van der Waals surface area contributed by atoms with Crippen molar-refractivity contribution in [1.82, 2.24) is 14.8 Å². The summed E-state index contributed by atoms with van der Waals surface area (Å²) in [5.41, 5.74) is 2.49. The number of benzene rings is 1. The molecule has 6 nitrogen and oxygen atoms in total. The zero-order chi connectivity index (χ0) is 27.1. The van der Waals surface area contributed by atoms with E-state index in [1.54, 1.807) is 37.1 Å². The molecule has 10 heteroatoms. The second kappa shape index (κ2) is 12.9. The second-order valence-corrected chi connectivity index (χ2v) is 10.5. The van der Waals surface area contributed by atoms with Crippen LogP contribution in [0.15, 0.2) is 47.9 Å². The lowest BCUT2D eigenvalue weighted by molar-refractivity contribution is -0.140. The van der Waals surface area contributed by atoms with Crippen LogP contribution in [-0.4, -0.2) is 78.2 Å². The second-order valence-electron chi connectivity index (χ2n) is 9.47. The summed E-state index contributed by atoms with van der Waals surface area (Å²) >= 11 is 1.75. The van der Waals surface area contributed by atoms with Gasteiger partial charge in [0.25, 0.3) is 0 Å². The number of halogens is 3. The van der Waals surface area contributed by atoms with Crippen LogP contribution in [0.25, 0.3) is 10.9 Å². The van der Waals surface area contributed by atoms with Crippen molar-refractivity contribution >= 4 is 28.4 Å². The zero-order valence-electron chi connectivity index (χ0n) is 21.8. The summed E-state index contributed by atoms with van der Waals surface area (Å²) in [5, 5.41) is 17.0. The molecule has 0 spiro atoms. The number of rotatable bonds is 9. The number of alkyl halides is 3. The number of likely N-dealkylation sites (tertiary alicyclic amines) is 1. The van der Waals surface area contributed by atoms with E-state index >= 15 is 0 Å². The van der Waals surface area contributed by atoms with Crippen molar-refractivity contribution in [2.75, 3.05) is 51.5 Å². The molecule has 1 aromatic carbocycles. The van der Waals surface area contributed by atoms with E-state index in [4.69, 9.17) is 9.84 Å². The predicted octanol–water partition coefficient (Wildman–Crippen LogP) is 4.56. The van der Waals surface area contributed by atoms with Crippen molar-refractivity contribution < 1.29 is 23.0 Å². The van der Waals surface area contributed by atoms with Crippen molar-refractivity contribution in [3.8, 4) is 11.8 Å². The quantitative estimate of drug-likeness (QED) is 0.400. The highest BCUT2D eigenvalue weighted by Gasteiger charge is 2.30. The van der Waals surface area contributed by atoms with Gasteiger partial charge in [0.05, 0.1) is 37.2 Å². The molecular weight excluding hydrogens is 513 g/mol. The third kappa shape index (κ3) is 7.22. The Hall–Kier alpha value is -2.74. The first-order chi connectivity index (χ1) is 18.3. The maximum Gasteiger partial charge on any atom is 0.406 e. The molecule has 2 heterocycles. The summed E-state index contributed by atoms with van der Waals surface area (Å²) in [5.74, 6) is 6.72. The lowest BCUT2D eigenvalue weighted by Crippen LogP contribution is -2.40. The van der Waals surface area contributed by atoms with Crippen molar-refractivity contribution in [2.45, 2.75) is 43.3 Å². The molecular formula is C28H35F3N4O2S. The van der Waals surface area contributed by atoms with Crippen LogP contribution in [0.3, 0.4) is 0 Å². The number of thioether (sulfide) groups is 1. The maximum atomic E-state index is 13.5. The highest BCUT2D eigenvalue weighted by Crippen LogP contribution is 2.31. The minimum atomic E-state index is -4.37. The SMILES string of the molecule is COC1=CC(SC)CC=C1NCC#Cc1cc2c(NC3CCN(CCO)CC3)cccc2n1CC(F)(F)F. The van der Waals surface area contributed by atoms with E-state index in [1.807, 2.05) is 6.07 Å². The zero-order valence-corrected chi connectivity index (χ0v) is 22.6. The number of piperidine rings is 1. The highest BCUT2D eigenvalue weighted by atomic mass is 32.2. The fourth-order valence-electron chi connectivity index (χ4n) is 4.96. The number of methoxy groups -OCH3 is 1. The normalized spacial score (nSPS) is 18.9. The number of ether oxygens (including phenoxy) is 1. The molecule has 0 saturated carbocycles. The average molecular weight is 549 g/mol. The van der Waals surface area contributed by atoms with E-state index < -0.39 is 12.7 Å². The van der Waals surface area contributed by atoms with Gasteiger partial charge >= 0.3 is 6.18 Å². The number of allylic oxidation sites excluding steroid dienone is 1. The van der Waals surface area contributed by atoms with Crippen LogP contribution in [0, 0.1) is 11.8 Å². The van der Waals surface area contributed by atoms with E-state index in [2.05, 4.69) is 45.8 Å². The van der Waals surface area contributed by atoms with Gasteiger partial charge in [0.15, 0.2) is 0 Å². The third-order valence-electron chi connectivity index (χ3n) is 6.91. The first-order valence-corrected chi connectivity index (χ1v) is 14.1. The lowest BCUT2D eigenvalue weighted by atomic mass is 10.0. The molecule has 4 rings (SSSR count). The molecule has 1 aromatic heterocycles. The van der Waals surface area contributed by atoms with Crippen LogP contribution >= 0.6 is 11.8 Å². The van der Waals surface area contributed by atoms with Crippen molar-refractivity contribution in [1.29, 1.82) is 0 Å². The summed E-state index contributed by atoms with van der Waals surface area (Å²) in [6.45, 7) is 1.74. The molecule has 1 saturated heterocycles. The average Bonchev–Trinajstić information content (AvgIpc) is 3.24. The van der Waals surface area contributed by atoms with E-state index in [1.165, 1.54) is 4.57 Å². The van der Waals surface area contributed by atoms with E-state index in [9.17, 15) is 13.2 Å². The molecule has 1 unspecified atom stereocenters. The van der Waals surface area contributed by atoms with Gasteiger partial charge in [-0.05, 0) is 55.7 Å². The topological polar surface area (TPSA) is 61.7 Å². The fraction of sp³-hybridized carbons (Fsp3) is 0.500. The Morgan fingerprint density at radius 3 is 2.71 bits per heavy atom. The summed E-state index contributed by atoms with van der Waals surface area (Å²) in [6, 6.07) is 7.38. The van der Waals surface area contributed by atoms with Gasteiger partial charge in [-0.2, -0.15) is 24.9 Å². The Balaban J connectivity index is 1.53. The Morgan fingerprint density at radius 1 is 1.24 bits per heavy atom. The fourth-order valence-corrected chi connectivity index (χ4v) is 5.51. The molecule has 1 aliphatic heterocycles. The number of nitrogens with zero attached hydrogens (tertiary/aromatic N) is 2. The molecule has 1 atom stereocenters. The molecule has 1 fully saturated rings. The Kier molecular flexibility index (Phi) is 9.58. The minimum absolute atomic E-state index is 0.143. The van der Waals surface area contributed by atoms with Crippen LogP contribution in [0.4, 0.5) is 18.9 Å². The van der Waals surface area contributed by atoms with Crippen LogP contribution < -0.4 is 10.6 Å². The lowest BCUT2D eigenvalue weighted by Gasteiger charge is -2.32. The maximum absolute atomic E-state index is 13.5. The minimum Gasteiger partial charge on any atom is -0.495 e. The number of aliphatic hydroxyl groups is 1. The summed E-state index contributed by atoms with van der Waals surface area (Å²) in [6.07, 6.45) is 4.49. The van der Waals surface area contributed by atoms with E-state index in [-0.39, 0.29) is 19.2 Å². The van der Waals surface area contributed by atoms with Gasteiger partial charge in [0.1, 0.15) is 12.3 Å². The molecule has 2 aromatic rings. The standard InChI is InChI=1S/C28H35F3N4O2S/c1-37-27-18-22(38-2)8-9-25(27)32-12-4-5-21-17-23-24(33-20-10-13-34(14-11-20)15-16-36)6-3-7-26(23)35(21)19-28(29,30)31/h3,6-7,9,17-18,20,22,32-33,36H,8,10-16,19H2,1-2H3.